The van der Waals surface area contributed by atoms with Gasteiger partial charge in [-0.3, -0.25) is 0 Å². The number of halogens is 1. The maximum Gasteiger partial charge on any atom is 0.342 e. The van der Waals surface area contributed by atoms with E-state index in [-0.39, 0.29) is 30.6 Å². The second-order valence-corrected chi connectivity index (χ2v) is 23.3. The first-order chi connectivity index (χ1) is 18.2. The Hall–Kier alpha value is -2.07. The van der Waals surface area contributed by atoms with Gasteiger partial charge < -0.3 is 18.9 Å². The molecule has 0 fully saturated rings. The summed E-state index contributed by atoms with van der Waals surface area (Å²) in [5.74, 6) is -0.863. The average Bonchev–Trinajstić information content (AvgIpc) is 3.42. The molecule has 39 heavy (non-hydrogen) atoms. The van der Waals surface area contributed by atoms with E-state index in [0.717, 1.165) is 18.7 Å². The molecular formula is C25H42IN5O6Si2. The second kappa shape index (κ2) is 16.9. The van der Waals surface area contributed by atoms with Gasteiger partial charge in [0.1, 0.15) is 34.4 Å². The van der Waals surface area contributed by atoms with Crippen molar-refractivity contribution in [2.45, 2.75) is 78.7 Å². The fraction of sp³-hybridized carbons (Fsp3) is 0.640. The van der Waals surface area contributed by atoms with Crippen molar-refractivity contribution >= 4 is 50.7 Å². The van der Waals surface area contributed by atoms with Crippen LogP contribution in [0.25, 0.3) is 0 Å². The van der Waals surface area contributed by atoms with E-state index in [1.54, 1.807) is 24.7 Å². The Kier molecular flexibility index (Phi) is 15.2. The zero-order valence-corrected chi connectivity index (χ0v) is 28.5. The molecule has 2 rings (SSSR count). The molecule has 2 aromatic rings. The molecule has 0 aliphatic rings. The predicted octanol–water partition coefficient (Wildman–Crippen LogP) is 5.22. The molecule has 0 aliphatic carbocycles. The molecular weight excluding hydrogens is 649 g/mol. The fourth-order valence-electron chi connectivity index (χ4n) is 2.81. The quantitative estimate of drug-likeness (QED) is 0.113. The molecule has 0 atom stereocenters. The number of rotatable bonds is 14. The molecule has 2 aromatic heterocycles. The number of esters is 2. The topological polar surface area (TPSA) is 130 Å². The molecule has 14 heteroatoms. The number of hydrogen-bond donors (Lipinski definition) is 0. The highest BCUT2D eigenvalue weighted by Crippen LogP contribution is 2.13. The predicted molar refractivity (Wildman–Crippen MR) is 162 cm³/mol. The first kappa shape index (κ1) is 35.0. The van der Waals surface area contributed by atoms with E-state index in [0.29, 0.717) is 29.2 Å². The van der Waals surface area contributed by atoms with Gasteiger partial charge in [0.05, 0.1) is 13.2 Å². The minimum atomic E-state index is -1.12. The van der Waals surface area contributed by atoms with Crippen LogP contribution in [0.1, 0.15) is 40.3 Å². The molecule has 0 spiro atoms. The van der Waals surface area contributed by atoms with Gasteiger partial charge >= 0.3 is 11.9 Å². The third-order valence-electron chi connectivity index (χ3n) is 5.01. The molecule has 218 valence electrons. The monoisotopic (exact) mass is 691 g/mol. The van der Waals surface area contributed by atoms with Gasteiger partial charge in [0, 0.05) is 41.8 Å². The Balaban J connectivity index is 0.000000391. The van der Waals surface area contributed by atoms with Crippen molar-refractivity contribution in [3.05, 3.63) is 32.9 Å². The third-order valence-corrected chi connectivity index (χ3v) is 9.22. The van der Waals surface area contributed by atoms with E-state index < -0.39 is 22.1 Å². The number of hydrogen-bond acceptors (Lipinski definition) is 9. The SMILES string of the molecule is CCOC(=O)c1cn(COCC[Si](C)(C)C)nc1C#N.CCOC(=O)c1cn(COCC[Si](C)(C)C)nc1I. The Morgan fingerprint density at radius 3 is 1.72 bits per heavy atom. The summed E-state index contributed by atoms with van der Waals surface area (Å²) in [5, 5.41) is 17.2. The summed E-state index contributed by atoms with van der Waals surface area (Å²) in [6.07, 6.45) is 3.17. The van der Waals surface area contributed by atoms with E-state index in [4.69, 9.17) is 24.2 Å². The first-order valence-electron chi connectivity index (χ1n) is 12.9. The summed E-state index contributed by atoms with van der Waals surface area (Å²) in [4.78, 5) is 23.3. The molecule has 0 aliphatic heterocycles. The average molecular weight is 692 g/mol. The standard InChI is InChI=1S/C13H21N3O3Si.C12H21IN2O3Si/c1-5-19-13(17)11-9-16(15-12(11)8-14)10-18-6-7-20(2,3)4;1-5-18-12(16)10-8-15(14-11(10)13)9-17-6-7-19(2,3)4/h9H,5-7,10H2,1-4H3;8H,5-7,9H2,1-4H3. The Bertz CT molecular complexity index is 1100. The molecule has 2 heterocycles. The van der Waals surface area contributed by atoms with Crippen molar-refractivity contribution in [3.8, 4) is 6.07 Å². The largest absolute Gasteiger partial charge is 0.462 e. The highest BCUT2D eigenvalue weighted by Gasteiger charge is 2.18. The van der Waals surface area contributed by atoms with Crippen LogP contribution in [0.15, 0.2) is 12.4 Å². The molecule has 0 amide bonds. The maximum absolute atomic E-state index is 11.6. The van der Waals surface area contributed by atoms with Crippen LogP contribution in [-0.2, 0) is 32.4 Å². The van der Waals surface area contributed by atoms with Crippen LogP contribution in [0.5, 0.6) is 0 Å². The van der Waals surface area contributed by atoms with Crippen molar-refractivity contribution in [1.29, 1.82) is 5.26 Å². The lowest BCUT2D eigenvalue weighted by atomic mass is 10.3. The Labute approximate surface area is 247 Å². The lowest BCUT2D eigenvalue weighted by Crippen LogP contribution is -2.22. The molecule has 11 nitrogen and oxygen atoms in total. The van der Waals surface area contributed by atoms with E-state index in [9.17, 15) is 9.59 Å². The van der Waals surface area contributed by atoms with E-state index in [2.05, 4.69) is 49.5 Å². The van der Waals surface area contributed by atoms with Gasteiger partial charge in [0.15, 0.2) is 5.69 Å². The molecule has 0 bridgehead atoms. The van der Waals surface area contributed by atoms with Crippen molar-refractivity contribution in [3.63, 3.8) is 0 Å². The number of carbonyl (C=O) groups is 2. The van der Waals surface area contributed by atoms with Crippen LogP contribution in [0.4, 0.5) is 0 Å². The number of aromatic nitrogens is 4. The molecule has 0 radical (unpaired) electrons. The van der Waals surface area contributed by atoms with Crippen molar-refractivity contribution in [1.82, 2.24) is 19.6 Å². The molecule has 0 aromatic carbocycles. The van der Waals surface area contributed by atoms with E-state index in [1.807, 2.05) is 28.7 Å². The lowest BCUT2D eigenvalue weighted by molar-refractivity contribution is 0.0514. The van der Waals surface area contributed by atoms with Crippen molar-refractivity contribution in [2.24, 2.45) is 0 Å². The summed E-state index contributed by atoms with van der Waals surface area (Å²) < 4.78 is 24.7. The zero-order chi connectivity index (χ0) is 29.6. The van der Waals surface area contributed by atoms with Gasteiger partial charge in [-0.05, 0) is 48.5 Å². The van der Waals surface area contributed by atoms with Crippen LogP contribution in [-0.4, -0.2) is 74.1 Å². The Morgan fingerprint density at radius 2 is 1.28 bits per heavy atom. The van der Waals surface area contributed by atoms with E-state index >= 15 is 0 Å². The molecule has 0 saturated heterocycles. The highest BCUT2D eigenvalue weighted by molar-refractivity contribution is 14.1. The highest BCUT2D eigenvalue weighted by atomic mass is 127. The Morgan fingerprint density at radius 1 is 0.846 bits per heavy atom. The van der Waals surface area contributed by atoms with Crippen LogP contribution in [0, 0.1) is 15.0 Å². The summed E-state index contributed by atoms with van der Waals surface area (Å²) in [7, 11) is -2.18. The van der Waals surface area contributed by atoms with Crippen molar-refractivity contribution in [2.75, 3.05) is 26.4 Å². The summed E-state index contributed by atoms with van der Waals surface area (Å²) >= 11 is 2.03. The fourth-order valence-corrected chi connectivity index (χ4v) is 4.96. The molecule has 0 N–H and O–H groups in total. The summed E-state index contributed by atoms with van der Waals surface area (Å²) in [5.41, 5.74) is 0.747. The molecule has 0 unspecified atom stereocenters. The number of nitrogens with zero attached hydrogens (tertiary/aromatic N) is 5. The number of carbonyl (C=O) groups excluding carboxylic acids is 2. The third kappa shape index (κ3) is 14.2. The number of nitriles is 1. The minimum absolute atomic E-state index is 0.0669. The maximum atomic E-state index is 11.6. The summed E-state index contributed by atoms with van der Waals surface area (Å²) in [6.45, 7) is 19.9. The van der Waals surface area contributed by atoms with Gasteiger partial charge in [-0.2, -0.15) is 15.5 Å². The summed E-state index contributed by atoms with van der Waals surface area (Å²) in [6, 6.07) is 4.07. The number of ether oxygens (including phenoxy) is 4. The van der Waals surface area contributed by atoms with Gasteiger partial charge in [-0.25, -0.2) is 19.0 Å². The zero-order valence-electron chi connectivity index (χ0n) is 24.4. The normalized spacial score (nSPS) is 11.4. The van der Waals surface area contributed by atoms with Crippen LogP contribution in [0.3, 0.4) is 0 Å². The van der Waals surface area contributed by atoms with Crippen LogP contribution in [0.2, 0.25) is 51.4 Å². The smallest absolute Gasteiger partial charge is 0.342 e. The van der Waals surface area contributed by atoms with E-state index in [1.165, 1.54) is 10.9 Å². The van der Waals surface area contributed by atoms with Gasteiger partial charge in [-0.15, -0.1) is 0 Å². The van der Waals surface area contributed by atoms with Gasteiger partial charge in [0.25, 0.3) is 0 Å². The van der Waals surface area contributed by atoms with Crippen LogP contribution >= 0.6 is 22.6 Å². The van der Waals surface area contributed by atoms with Crippen LogP contribution < -0.4 is 0 Å². The van der Waals surface area contributed by atoms with Gasteiger partial charge in [-0.1, -0.05) is 39.3 Å². The molecule has 0 saturated carbocycles. The van der Waals surface area contributed by atoms with Crippen molar-refractivity contribution < 1.29 is 28.5 Å². The first-order valence-corrected chi connectivity index (χ1v) is 21.4. The second-order valence-electron chi connectivity index (χ2n) is 11.1. The minimum Gasteiger partial charge on any atom is -0.462 e. The van der Waals surface area contributed by atoms with Gasteiger partial charge in [0.2, 0.25) is 0 Å². The lowest BCUT2D eigenvalue weighted by Gasteiger charge is -2.15.